The number of hydrogen-bond donors (Lipinski definition) is 1. The fraction of sp³-hybridized carbons (Fsp3) is 0.568. The molecule has 6 heterocycles. The van der Waals surface area contributed by atoms with E-state index >= 15 is 0 Å². The number of rotatable bonds is 6. The summed E-state index contributed by atoms with van der Waals surface area (Å²) in [7, 11) is 1.71. The molecule has 3 aliphatic heterocycles. The molecule has 3 aromatic heterocycles. The number of thiazole rings is 1. The molecule has 0 spiro atoms. The first kappa shape index (κ1) is 38.7. The van der Waals surface area contributed by atoms with Gasteiger partial charge in [0.15, 0.2) is 0 Å². The van der Waals surface area contributed by atoms with Crippen molar-refractivity contribution in [2.24, 2.45) is 23.2 Å². The Bertz CT molecular complexity index is 2120. The van der Waals surface area contributed by atoms with Gasteiger partial charge in [0.2, 0.25) is 11.8 Å². The van der Waals surface area contributed by atoms with E-state index in [1.807, 2.05) is 31.0 Å². The predicted octanol–water partition coefficient (Wildman–Crippen LogP) is 7.37. The van der Waals surface area contributed by atoms with Crippen molar-refractivity contribution in [3.8, 4) is 22.5 Å². The molecule has 1 saturated carbocycles. The summed E-state index contributed by atoms with van der Waals surface area (Å²) in [6.07, 6.45) is 8.37. The Morgan fingerprint density at radius 3 is 2.73 bits per heavy atom. The Balaban J connectivity index is 1.22. The van der Waals surface area contributed by atoms with E-state index in [1.165, 1.54) is 24.2 Å². The number of cyclic esters (lactones) is 1. The number of carbonyl (C=O) groups excluding carboxylic acids is 3. The van der Waals surface area contributed by atoms with E-state index in [1.54, 1.807) is 12.1 Å². The number of nitrogens with one attached hydrogen (secondary N) is 1. The van der Waals surface area contributed by atoms with Gasteiger partial charge < -0.3 is 18.9 Å². The first-order valence-corrected chi connectivity index (χ1v) is 21.5. The molecule has 2 unspecified atom stereocenters. The van der Waals surface area contributed by atoms with Crippen LogP contribution in [0.5, 0.6) is 0 Å². The standard InChI is InChI=1S/C44H56N6O5S/c1-7-48-37-17-16-28-20-32(37)33(40(48)30-13-10-18-45-39(30)27(3)54-6)22-44(4,5)25-55-43(53)34-14-11-19-50(47-34)42(52)31(21-38-46-35(28)24-56-38)26(2)41(51)49-23-29-12-8-9-15-36(29)49/h10,13,16-18,20,24,26-27,29,31,34,36,47H,7-9,11-12,14-15,19,21-23,25H2,1-6H3/t26?,27-,29-,31?,34-,36-/m0/s1. The first-order chi connectivity index (χ1) is 27.0. The first-order valence-electron chi connectivity index (χ1n) is 20.6. The molecule has 6 atom stereocenters. The molecule has 2 amide bonds. The lowest BCUT2D eigenvalue weighted by atomic mass is 9.75. The van der Waals surface area contributed by atoms with Crippen LogP contribution in [-0.4, -0.2) is 81.1 Å². The van der Waals surface area contributed by atoms with Gasteiger partial charge in [-0.2, -0.15) is 0 Å². The topological polar surface area (TPSA) is 119 Å². The lowest BCUT2D eigenvalue weighted by Crippen LogP contribution is -2.62. The average molecular weight is 781 g/mol. The summed E-state index contributed by atoms with van der Waals surface area (Å²) in [5.41, 5.74) is 9.87. The van der Waals surface area contributed by atoms with Crippen molar-refractivity contribution in [3.63, 3.8) is 0 Å². The number of nitrogens with zero attached hydrogens (tertiary/aromatic N) is 5. The molecular weight excluding hydrogens is 725 g/mol. The number of benzene rings is 1. The van der Waals surface area contributed by atoms with Crippen molar-refractivity contribution in [2.75, 3.05) is 26.8 Å². The van der Waals surface area contributed by atoms with Crippen LogP contribution in [0.25, 0.3) is 33.4 Å². The second-order valence-corrected chi connectivity index (χ2v) is 18.2. The summed E-state index contributed by atoms with van der Waals surface area (Å²) in [6.45, 7) is 12.5. The van der Waals surface area contributed by atoms with Crippen LogP contribution in [0.3, 0.4) is 0 Å². The van der Waals surface area contributed by atoms with Crippen molar-refractivity contribution in [1.82, 2.24) is 29.9 Å². The largest absolute Gasteiger partial charge is 0.464 e. The Kier molecular flexibility index (Phi) is 10.8. The van der Waals surface area contributed by atoms with E-state index in [0.717, 1.165) is 75.6 Å². The van der Waals surface area contributed by atoms with Crippen molar-refractivity contribution in [2.45, 2.75) is 111 Å². The Morgan fingerprint density at radius 2 is 1.95 bits per heavy atom. The van der Waals surface area contributed by atoms with Crippen LogP contribution in [0.15, 0.2) is 41.9 Å². The van der Waals surface area contributed by atoms with Crippen molar-refractivity contribution < 1.29 is 23.9 Å². The predicted molar refractivity (Wildman–Crippen MR) is 218 cm³/mol. The average Bonchev–Trinajstić information content (AvgIpc) is 3.80. The van der Waals surface area contributed by atoms with Gasteiger partial charge in [-0.05, 0) is 81.7 Å². The minimum Gasteiger partial charge on any atom is -0.464 e. The Labute approximate surface area is 334 Å². The SMILES string of the molecule is CCn1c(-c2cccnc2[C@H](C)OC)c2c3cc(ccc31)-c1csc(n1)CC(C(C)C(=O)N1C[C@@H]3CCCC[C@@H]31)C(=O)N1CCC[C@H](N1)C(=O)OCC(C)(C)C2. The molecule has 2 saturated heterocycles. The molecule has 4 aromatic rings. The molecule has 6 bridgehead atoms. The van der Waals surface area contributed by atoms with E-state index in [-0.39, 0.29) is 36.5 Å². The second-order valence-electron chi connectivity index (χ2n) is 17.2. The van der Waals surface area contributed by atoms with Crippen LogP contribution in [-0.2, 0) is 43.2 Å². The van der Waals surface area contributed by atoms with Gasteiger partial charge in [-0.25, -0.2) is 10.4 Å². The summed E-state index contributed by atoms with van der Waals surface area (Å²) in [5, 5.41) is 5.58. The fourth-order valence-electron chi connectivity index (χ4n) is 9.62. The molecule has 1 N–H and O–H groups in total. The lowest BCUT2D eigenvalue weighted by molar-refractivity contribution is -0.160. The molecule has 1 aliphatic carbocycles. The number of methoxy groups -OCH3 is 1. The fourth-order valence-corrected chi connectivity index (χ4v) is 10.5. The number of amides is 2. The van der Waals surface area contributed by atoms with E-state index < -0.39 is 23.3 Å². The molecule has 3 fully saturated rings. The zero-order valence-electron chi connectivity index (χ0n) is 33.7. The van der Waals surface area contributed by atoms with Crippen LogP contribution < -0.4 is 5.43 Å². The number of hydrogen-bond acceptors (Lipinski definition) is 9. The van der Waals surface area contributed by atoms with Crippen molar-refractivity contribution in [1.29, 1.82) is 0 Å². The number of aromatic nitrogens is 3. The maximum absolute atomic E-state index is 14.5. The van der Waals surface area contributed by atoms with E-state index in [4.69, 9.17) is 19.4 Å². The minimum atomic E-state index is -0.660. The zero-order valence-corrected chi connectivity index (χ0v) is 34.5. The maximum Gasteiger partial charge on any atom is 0.324 e. The summed E-state index contributed by atoms with van der Waals surface area (Å²) < 4.78 is 14.3. The third-order valence-corrected chi connectivity index (χ3v) is 13.7. The third-order valence-electron chi connectivity index (χ3n) is 12.8. The molecule has 56 heavy (non-hydrogen) atoms. The lowest BCUT2D eigenvalue weighted by Gasteiger charge is -2.52. The maximum atomic E-state index is 14.5. The quantitative estimate of drug-likeness (QED) is 0.202. The monoisotopic (exact) mass is 780 g/mol. The van der Waals surface area contributed by atoms with Crippen LogP contribution in [0.1, 0.15) is 95.5 Å². The smallest absolute Gasteiger partial charge is 0.324 e. The Hall–Kier alpha value is -4.13. The van der Waals surface area contributed by atoms with Gasteiger partial charge in [-0.1, -0.05) is 39.7 Å². The molecule has 298 valence electrons. The summed E-state index contributed by atoms with van der Waals surface area (Å²) in [6, 6.07) is 10.3. The number of hydrazine groups is 1. The number of fused-ring (bicyclic) bond motifs is 7. The number of likely N-dealkylation sites (tertiary alicyclic amines) is 1. The van der Waals surface area contributed by atoms with Gasteiger partial charge in [0.1, 0.15) is 6.04 Å². The highest BCUT2D eigenvalue weighted by Crippen LogP contribution is 2.43. The van der Waals surface area contributed by atoms with Crippen LogP contribution in [0.4, 0.5) is 0 Å². The van der Waals surface area contributed by atoms with Crippen LogP contribution in [0, 0.1) is 23.2 Å². The molecule has 0 radical (unpaired) electrons. The highest BCUT2D eigenvalue weighted by atomic mass is 32.1. The van der Waals surface area contributed by atoms with Crippen LogP contribution in [0.2, 0.25) is 0 Å². The van der Waals surface area contributed by atoms with E-state index in [2.05, 4.69) is 60.4 Å². The van der Waals surface area contributed by atoms with Crippen molar-refractivity contribution >= 4 is 40.0 Å². The highest BCUT2D eigenvalue weighted by Gasteiger charge is 2.47. The highest BCUT2D eigenvalue weighted by molar-refractivity contribution is 7.10. The molecule has 1 aromatic carbocycles. The Morgan fingerprint density at radius 1 is 1.12 bits per heavy atom. The van der Waals surface area contributed by atoms with Gasteiger partial charge in [0.25, 0.3) is 0 Å². The second kappa shape index (κ2) is 15.7. The van der Waals surface area contributed by atoms with E-state index in [0.29, 0.717) is 38.1 Å². The number of aryl methyl sites for hydroxylation is 1. The number of pyridine rings is 1. The number of esters is 1. The minimum absolute atomic E-state index is 0.0477. The normalized spacial score (nSPS) is 25.2. The van der Waals surface area contributed by atoms with Gasteiger partial charge in [0.05, 0.1) is 40.7 Å². The molecule has 12 heteroatoms. The van der Waals surface area contributed by atoms with Gasteiger partial charge >= 0.3 is 5.97 Å². The summed E-state index contributed by atoms with van der Waals surface area (Å²) >= 11 is 1.54. The summed E-state index contributed by atoms with van der Waals surface area (Å²) in [5.74, 6) is -1.09. The molecule has 11 nitrogen and oxygen atoms in total. The van der Waals surface area contributed by atoms with Gasteiger partial charge in [0, 0.05) is 84.1 Å². The van der Waals surface area contributed by atoms with E-state index in [9.17, 15) is 14.4 Å². The van der Waals surface area contributed by atoms with Crippen molar-refractivity contribution in [3.05, 3.63) is 58.2 Å². The zero-order chi connectivity index (χ0) is 39.3. The number of carbonyl (C=O) groups is 3. The van der Waals surface area contributed by atoms with Gasteiger partial charge in [-0.3, -0.25) is 24.4 Å². The molecule has 4 aliphatic rings. The molecule has 8 rings (SSSR count). The number of ether oxygens (including phenoxy) is 2. The molecular formula is C44H56N6O5S. The van der Waals surface area contributed by atoms with Gasteiger partial charge in [-0.15, -0.1) is 11.3 Å². The summed E-state index contributed by atoms with van der Waals surface area (Å²) in [4.78, 5) is 54.5. The third kappa shape index (κ3) is 7.17. The van der Waals surface area contributed by atoms with Crippen LogP contribution >= 0.6 is 11.3 Å².